The van der Waals surface area contributed by atoms with Crippen molar-refractivity contribution < 1.29 is 4.57 Å². The number of nitrogens with zero attached hydrogens (tertiary/aromatic N) is 3. The van der Waals surface area contributed by atoms with Crippen molar-refractivity contribution in [2.45, 2.75) is 0 Å². The van der Waals surface area contributed by atoms with E-state index in [1.54, 1.807) is 0 Å². The lowest BCUT2D eigenvalue weighted by Crippen LogP contribution is -2.11. The van der Waals surface area contributed by atoms with Crippen LogP contribution in [0.15, 0.2) is 176 Å². The average Bonchev–Trinajstić information content (AvgIpc) is 3.74. The minimum atomic E-state index is -2.80. The molecule has 0 amide bonds. The van der Waals surface area contributed by atoms with Gasteiger partial charge in [0.05, 0.1) is 0 Å². The van der Waals surface area contributed by atoms with Crippen molar-refractivity contribution in [3.63, 3.8) is 0 Å². The highest BCUT2D eigenvalue weighted by Gasteiger charge is 2.37. The van der Waals surface area contributed by atoms with E-state index in [4.69, 9.17) is 10.1 Å². The van der Waals surface area contributed by atoms with E-state index in [9.17, 15) is 4.57 Å². The average molecular weight is 686 g/mol. The summed E-state index contributed by atoms with van der Waals surface area (Å²) >= 11 is 0. The van der Waals surface area contributed by atoms with Crippen LogP contribution < -0.4 is 10.6 Å². The van der Waals surface area contributed by atoms with Crippen molar-refractivity contribution in [2.24, 2.45) is 0 Å². The third-order valence-electron chi connectivity index (χ3n) is 10.4. The zero-order valence-electron chi connectivity index (χ0n) is 28.4. The van der Waals surface area contributed by atoms with Crippen LogP contribution in [0.2, 0.25) is 0 Å². The molecule has 2 aromatic heterocycles. The van der Waals surface area contributed by atoms with Crippen molar-refractivity contribution in [3.8, 4) is 67.0 Å². The number of hydrogen-bond acceptors (Lipinski definition) is 3. The highest BCUT2D eigenvalue weighted by molar-refractivity contribution is 7.79. The third kappa shape index (κ3) is 4.87. The van der Waals surface area contributed by atoms with Crippen LogP contribution in [0.1, 0.15) is 0 Å². The van der Waals surface area contributed by atoms with Gasteiger partial charge in [0.15, 0.2) is 11.5 Å². The Morgan fingerprint density at radius 1 is 0.481 bits per heavy atom. The SMILES string of the molecule is CP1(=O)c2ccccc2-c2cccc(-c3cc(-c4ccc(-c5nc6c(-c7ccccc7)cc(-c7ccccc7)cn6n5)cc4)cc4ccccc34)c21. The normalized spacial score (nSPS) is 14.8. The number of pyridine rings is 1. The van der Waals surface area contributed by atoms with E-state index < -0.39 is 7.14 Å². The quantitative estimate of drug-likeness (QED) is 0.169. The molecule has 0 saturated carbocycles. The Morgan fingerprint density at radius 3 is 1.87 bits per heavy atom. The van der Waals surface area contributed by atoms with Gasteiger partial charge in [0.1, 0.15) is 7.14 Å². The maximum Gasteiger partial charge on any atom is 0.182 e. The van der Waals surface area contributed by atoms with E-state index in [0.717, 1.165) is 88.2 Å². The van der Waals surface area contributed by atoms with Crippen LogP contribution in [-0.2, 0) is 4.57 Å². The van der Waals surface area contributed by atoms with E-state index >= 15 is 0 Å². The summed E-state index contributed by atoms with van der Waals surface area (Å²) in [6, 6.07) is 59.0. The molecule has 246 valence electrons. The largest absolute Gasteiger partial charge is 0.314 e. The molecule has 0 saturated heterocycles. The molecule has 0 fully saturated rings. The maximum absolute atomic E-state index is 14.6. The molecule has 1 atom stereocenters. The highest BCUT2D eigenvalue weighted by Crippen LogP contribution is 2.53. The molecule has 1 aliphatic heterocycles. The third-order valence-corrected chi connectivity index (χ3v) is 13.0. The zero-order valence-corrected chi connectivity index (χ0v) is 29.3. The minimum Gasteiger partial charge on any atom is -0.314 e. The smallest absolute Gasteiger partial charge is 0.182 e. The lowest BCUT2D eigenvalue weighted by Gasteiger charge is -2.17. The minimum absolute atomic E-state index is 0.672. The van der Waals surface area contributed by atoms with Crippen LogP contribution in [0.5, 0.6) is 0 Å². The topological polar surface area (TPSA) is 47.3 Å². The summed E-state index contributed by atoms with van der Waals surface area (Å²) < 4.78 is 16.5. The molecule has 9 aromatic rings. The van der Waals surface area contributed by atoms with Crippen molar-refractivity contribution in [3.05, 3.63) is 176 Å². The fraction of sp³-hybridized carbons (Fsp3) is 0.0213. The molecule has 0 spiro atoms. The van der Waals surface area contributed by atoms with Crippen LogP contribution in [0.4, 0.5) is 0 Å². The Morgan fingerprint density at radius 2 is 1.08 bits per heavy atom. The van der Waals surface area contributed by atoms with Gasteiger partial charge in [0, 0.05) is 33.5 Å². The first-order chi connectivity index (χ1) is 25.5. The van der Waals surface area contributed by atoms with Gasteiger partial charge in [0.25, 0.3) is 0 Å². The van der Waals surface area contributed by atoms with Crippen LogP contribution >= 0.6 is 7.14 Å². The predicted molar refractivity (Wildman–Crippen MR) is 216 cm³/mol. The molecule has 1 aliphatic rings. The molecule has 7 aromatic carbocycles. The second-order valence-electron chi connectivity index (χ2n) is 13.5. The van der Waals surface area contributed by atoms with Crippen LogP contribution in [0.3, 0.4) is 0 Å². The van der Waals surface area contributed by atoms with E-state index in [-0.39, 0.29) is 0 Å². The monoisotopic (exact) mass is 685 g/mol. The summed E-state index contributed by atoms with van der Waals surface area (Å²) in [6.45, 7) is 1.92. The summed E-state index contributed by atoms with van der Waals surface area (Å²) in [4.78, 5) is 5.08. The first kappa shape index (κ1) is 30.5. The van der Waals surface area contributed by atoms with E-state index in [1.165, 1.54) is 0 Å². The first-order valence-corrected chi connectivity index (χ1v) is 19.6. The molecule has 10 rings (SSSR count). The van der Waals surface area contributed by atoms with E-state index in [0.29, 0.717) is 5.82 Å². The van der Waals surface area contributed by atoms with E-state index in [2.05, 4.69) is 146 Å². The molecule has 0 N–H and O–H groups in total. The second kappa shape index (κ2) is 11.9. The molecular formula is C47H32N3OP. The van der Waals surface area contributed by atoms with Gasteiger partial charge in [-0.3, -0.25) is 0 Å². The molecule has 5 heteroatoms. The summed E-state index contributed by atoms with van der Waals surface area (Å²) in [5.41, 5.74) is 12.6. The number of rotatable bonds is 5. The summed E-state index contributed by atoms with van der Waals surface area (Å²) in [6.07, 6.45) is 2.06. The lowest BCUT2D eigenvalue weighted by atomic mass is 9.91. The molecule has 52 heavy (non-hydrogen) atoms. The first-order valence-electron chi connectivity index (χ1n) is 17.5. The number of hydrogen-bond donors (Lipinski definition) is 0. The van der Waals surface area contributed by atoms with Gasteiger partial charge in [-0.2, -0.15) is 0 Å². The van der Waals surface area contributed by atoms with Crippen molar-refractivity contribution in [1.29, 1.82) is 0 Å². The van der Waals surface area contributed by atoms with Crippen molar-refractivity contribution in [1.82, 2.24) is 14.6 Å². The number of fused-ring (bicyclic) bond motifs is 5. The fourth-order valence-corrected chi connectivity index (χ4v) is 10.4. The molecule has 1 unspecified atom stereocenters. The van der Waals surface area contributed by atoms with Crippen molar-refractivity contribution >= 4 is 34.2 Å². The standard InChI is InChI=1S/C47H32N3OP/c1-52(51)44-22-11-10-19-39(44)40-20-12-21-41(45(40)52)43-28-36(27-35-17-8-9-18-38(35)43)32-23-25-34(26-24-32)46-48-47-42(33-15-6-3-7-16-33)29-37(30-50(47)49-46)31-13-4-2-5-14-31/h2-30H,1H3. The molecule has 3 heterocycles. The Labute approximate surface area is 302 Å². The highest BCUT2D eigenvalue weighted by atomic mass is 31.2. The van der Waals surface area contributed by atoms with E-state index in [1.807, 2.05) is 41.5 Å². The molecule has 0 radical (unpaired) electrons. The van der Waals surface area contributed by atoms with Crippen LogP contribution in [-0.4, -0.2) is 21.3 Å². The van der Waals surface area contributed by atoms with Gasteiger partial charge in [-0.15, -0.1) is 5.10 Å². The number of benzene rings is 7. The second-order valence-corrected chi connectivity index (χ2v) is 16.3. The molecule has 4 nitrogen and oxygen atoms in total. The summed E-state index contributed by atoms with van der Waals surface area (Å²) in [5, 5.41) is 9.18. The predicted octanol–water partition coefficient (Wildman–Crippen LogP) is 11.1. The molecule has 0 bridgehead atoms. The van der Waals surface area contributed by atoms with Gasteiger partial charge >= 0.3 is 0 Å². The van der Waals surface area contributed by atoms with Gasteiger partial charge in [0.2, 0.25) is 0 Å². The summed E-state index contributed by atoms with van der Waals surface area (Å²) in [5.74, 6) is 0.672. The Bertz CT molecular complexity index is 2880. The van der Waals surface area contributed by atoms with Gasteiger partial charge < -0.3 is 4.57 Å². The van der Waals surface area contributed by atoms with Gasteiger partial charge in [-0.1, -0.05) is 152 Å². The molecule has 0 aliphatic carbocycles. The Balaban J connectivity index is 1.08. The number of aromatic nitrogens is 3. The van der Waals surface area contributed by atoms with Crippen LogP contribution in [0, 0.1) is 0 Å². The lowest BCUT2D eigenvalue weighted by molar-refractivity contribution is 0.591. The molecular weight excluding hydrogens is 654 g/mol. The Hall–Kier alpha value is -6.35. The summed E-state index contributed by atoms with van der Waals surface area (Å²) in [7, 11) is -2.80. The van der Waals surface area contributed by atoms with Crippen LogP contribution in [0.25, 0.3) is 83.4 Å². The maximum atomic E-state index is 14.6. The van der Waals surface area contributed by atoms with Gasteiger partial charge in [-0.05, 0) is 80.1 Å². The van der Waals surface area contributed by atoms with Crippen molar-refractivity contribution in [2.75, 3.05) is 6.66 Å². The Kier molecular flexibility index (Phi) is 6.96. The zero-order chi connectivity index (χ0) is 34.8. The fourth-order valence-electron chi connectivity index (χ4n) is 7.87. The van der Waals surface area contributed by atoms with Gasteiger partial charge in [-0.25, -0.2) is 9.50 Å².